The van der Waals surface area contributed by atoms with Gasteiger partial charge in [0.25, 0.3) is 0 Å². The largest absolute Gasteiger partial charge is 0.490 e. The molecular formula is C17H29NO2. The van der Waals surface area contributed by atoms with Gasteiger partial charge in [0.1, 0.15) is 0 Å². The first kappa shape index (κ1) is 16.8. The number of ether oxygens (including phenoxy) is 2. The summed E-state index contributed by atoms with van der Waals surface area (Å²) in [6, 6.07) is 7.89. The molecule has 0 saturated carbocycles. The molecular weight excluding hydrogens is 250 g/mol. The first-order chi connectivity index (χ1) is 9.88. The lowest BCUT2D eigenvalue weighted by atomic mass is 10.2. The van der Waals surface area contributed by atoms with E-state index in [1.165, 1.54) is 25.7 Å². The second-order valence-electron chi connectivity index (χ2n) is 4.89. The molecule has 3 nitrogen and oxygen atoms in total. The van der Waals surface area contributed by atoms with Gasteiger partial charge in [-0.15, -0.1) is 0 Å². The Kier molecular flexibility index (Phi) is 9.76. The number of rotatable bonds is 12. The Morgan fingerprint density at radius 1 is 0.850 bits per heavy atom. The van der Waals surface area contributed by atoms with E-state index in [1.54, 1.807) is 0 Å². The molecule has 3 heteroatoms. The first-order valence-electron chi connectivity index (χ1n) is 7.93. The summed E-state index contributed by atoms with van der Waals surface area (Å²) in [6.45, 7) is 7.91. The summed E-state index contributed by atoms with van der Waals surface area (Å²) in [4.78, 5) is 0. The van der Waals surface area contributed by atoms with Crippen LogP contribution in [0, 0.1) is 0 Å². The Labute approximate surface area is 123 Å². The molecule has 20 heavy (non-hydrogen) atoms. The second-order valence-corrected chi connectivity index (χ2v) is 4.89. The number of hydrogen-bond donors (Lipinski definition) is 1. The minimum Gasteiger partial charge on any atom is -0.490 e. The van der Waals surface area contributed by atoms with Crippen molar-refractivity contribution in [1.29, 1.82) is 0 Å². The molecule has 0 radical (unpaired) electrons. The van der Waals surface area contributed by atoms with Crippen LogP contribution in [0.5, 0.6) is 11.5 Å². The highest BCUT2D eigenvalue weighted by molar-refractivity contribution is 5.39. The highest BCUT2D eigenvalue weighted by atomic mass is 16.5. The molecule has 0 bridgehead atoms. The molecule has 0 aliphatic heterocycles. The molecule has 1 aromatic rings. The molecule has 0 amide bonds. The Balaban J connectivity index is 2.06. The summed E-state index contributed by atoms with van der Waals surface area (Å²) in [6.07, 6.45) is 6.08. The quantitative estimate of drug-likeness (QED) is 0.586. The maximum absolute atomic E-state index is 5.79. The summed E-state index contributed by atoms with van der Waals surface area (Å²) in [5, 5.41) is 3.43. The van der Waals surface area contributed by atoms with Crippen molar-refractivity contribution in [3.63, 3.8) is 0 Å². The van der Waals surface area contributed by atoms with E-state index in [0.29, 0.717) is 6.61 Å². The van der Waals surface area contributed by atoms with E-state index in [9.17, 15) is 0 Å². The summed E-state index contributed by atoms with van der Waals surface area (Å²) < 4.78 is 11.3. The molecule has 0 spiro atoms. The lowest BCUT2D eigenvalue weighted by molar-refractivity contribution is 0.270. The van der Waals surface area contributed by atoms with Crippen LogP contribution in [0.3, 0.4) is 0 Å². The zero-order chi connectivity index (χ0) is 14.5. The Morgan fingerprint density at radius 3 is 2.25 bits per heavy atom. The van der Waals surface area contributed by atoms with E-state index in [1.807, 2.05) is 31.2 Å². The SMILES string of the molecule is CCCNCCCCCCOc1ccccc1OCC. The van der Waals surface area contributed by atoms with Crippen LogP contribution in [0.1, 0.15) is 46.0 Å². The molecule has 0 atom stereocenters. The fourth-order valence-electron chi connectivity index (χ4n) is 2.03. The average molecular weight is 279 g/mol. The van der Waals surface area contributed by atoms with Crippen molar-refractivity contribution in [1.82, 2.24) is 5.32 Å². The van der Waals surface area contributed by atoms with Crippen LogP contribution in [0.2, 0.25) is 0 Å². The molecule has 1 N–H and O–H groups in total. The van der Waals surface area contributed by atoms with Crippen molar-refractivity contribution in [3.8, 4) is 11.5 Å². The van der Waals surface area contributed by atoms with E-state index in [0.717, 1.165) is 37.6 Å². The highest BCUT2D eigenvalue weighted by Crippen LogP contribution is 2.26. The van der Waals surface area contributed by atoms with E-state index >= 15 is 0 Å². The maximum atomic E-state index is 5.79. The zero-order valence-corrected chi connectivity index (χ0v) is 13.0. The normalized spacial score (nSPS) is 10.5. The molecule has 0 unspecified atom stereocenters. The van der Waals surface area contributed by atoms with Crippen LogP contribution < -0.4 is 14.8 Å². The van der Waals surface area contributed by atoms with Gasteiger partial charge in [0.15, 0.2) is 11.5 Å². The van der Waals surface area contributed by atoms with E-state index < -0.39 is 0 Å². The number of nitrogens with one attached hydrogen (secondary N) is 1. The van der Waals surface area contributed by atoms with Crippen LogP contribution in [0.25, 0.3) is 0 Å². The van der Waals surface area contributed by atoms with Gasteiger partial charge in [-0.1, -0.05) is 31.9 Å². The molecule has 0 heterocycles. The standard InChI is InChI=1S/C17H29NO2/c1-3-13-18-14-9-5-6-10-15-20-17-12-8-7-11-16(17)19-4-2/h7-8,11-12,18H,3-6,9-10,13-15H2,1-2H3. The Morgan fingerprint density at radius 2 is 1.55 bits per heavy atom. The third kappa shape index (κ3) is 7.39. The van der Waals surface area contributed by atoms with Crippen molar-refractivity contribution in [2.75, 3.05) is 26.3 Å². The van der Waals surface area contributed by atoms with Gasteiger partial charge in [-0.05, 0) is 51.4 Å². The fourth-order valence-corrected chi connectivity index (χ4v) is 2.03. The summed E-state index contributed by atoms with van der Waals surface area (Å²) in [7, 11) is 0. The van der Waals surface area contributed by atoms with Gasteiger partial charge in [-0.2, -0.15) is 0 Å². The smallest absolute Gasteiger partial charge is 0.161 e. The first-order valence-corrected chi connectivity index (χ1v) is 7.93. The zero-order valence-electron chi connectivity index (χ0n) is 13.0. The second kappa shape index (κ2) is 11.6. The van der Waals surface area contributed by atoms with Gasteiger partial charge in [0.2, 0.25) is 0 Å². The van der Waals surface area contributed by atoms with Crippen molar-refractivity contribution in [3.05, 3.63) is 24.3 Å². The Hall–Kier alpha value is -1.22. The van der Waals surface area contributed by atoms with Crippen molar-refractivity contribution < 1.29 is 9.47 Å². The van der Waals surface area contributed by atoms with Crippen LogP contribution >= 0.6 is 0 Å². The molecule has 114 valence electrons. The van der Waals surface area contributed by atoms with Gasteiger partial charge in [0.05, 0.1) is 13.2 Å². The van der Waals surface area contributed by atoms with Gasteiger partial charge in [0, 0.05) is 0 Å². The molecule has 0 saturated heterocycles. The van der Waals surface area contributed by atoms with Crippen molar-refractivity contribution in [2.45, 2.75) is 46.0 Å². The topological polar surface area (TPSA) is 30.5 Å². The van der Waals surface area contributed by atoms with Crippen LogP contribution in [-0.4, -0.2) is 26.3 Å². The lowest BCUT2D eigenvalue weighted by Crippen LogP contribution is -2.15. The number of para-hydroxylation sites is 2. The van der Waals surface area contributed by atoms with E-state index in [4.69, 9.17) is 9.47 Å². The predicted octanol–water partition coefficient (Wildman–Crippen LogP) is 4.02. The van der Waals surface area contributed by atoms with E-state index in [2.05, 4.69) is 12.2 Å². The molecule has 0 fully saturated rings. The molecule has 1 aromatic carbocycles. The minimum absolute atomic E-state index is 0.672. The fraction of sp³-hybridized carbons (Fsp3) is 0.647. The third-order valence-corrected chi connectivity index (χ3v) is 3.08. The Bertz CT molecular complexity index is 342. The molecule has 1 rings (SSSR count). The van der Waals surface area contributed by atoms with Crippen LogP contribution in [0.4, 0.5) is 0 Å². The number of benzene rings is 1. The minimum atomic E-state index is 0.672. The van der Waals surface area contributed by atoms with Gasteiger partial charge < -0.3 is 14.8 Å². The highest BCUT2D eigenvalue weighted by Gasteiger charge is 2.02. The molecule has 0 aromatic heterocycles. The van der Waals surface area contributed by atoms with Crippen molar-refractivity contribution >= 4 is 0 Å². The van der Waals surface area contributed by atoms with E-state index in [-0.39, 0.29) is 0 Å². The molecule has 0 aliphatic rings. The average Bonchev–Trinajstić information content (AvgIpc) is 2.47. The maximum Gasteiger partial charge on any atom is 0.161 e. The van der Waals surface area contributed by atoms with Gasteiger partial charge in [-0.3, -0.25) is 0 Å². The van der Waals surface area contributed by atoms with Crippen LogP contribution in [0.15, 0.2) is 24.3 Å². The molecule has 0 aliphatic carbocycles. The van der Waals surface area contributed by atoms with Crippen molar-refractivity contribution in [2.24, 2.45) is 0 Å². The lowest BCUT2D eigenvalue weighted by Gasteiger charge is -2.11. The summed E-state index contributed by atoms with van der Waals surface area (Å²) >= 11 is 0. The number of unbranched alkanes of at least 4 members (excludes halogenated alkanes) is 3. The predicted molar refractivity (Wildman–Crippen MR) is 84.7 cm³/mol. The summed E-state index contributed by atoms with van der Waals surface area (Å²) in [5.41, 5.74) is 0. The monoisotopic (exact) mass is 279 g/mol. The van der Waals surface area contributed by atoms with Gasteiger partial charge >= 0.3 is 0 Å². The van der Waals surface area contributed by atoms with Crippen LogP contribution in [-0.2, 0) is 0 Å². The van der Waals surface area contributed by atoms with Gasteiger partial charge in [-0.25, -0.2) is 0 Å². The number of hydrogen-bond acceptors (Lipinski definition) is 3. The third-order valence-electron chi connectivity index (χ3n) is 3.08. The summed E-state index contributed by atoms with van der Waals surface area (Å²) in [5.74, 6) is 1.71.